The summed E-state index contributed by atoms with van der Waals surface area (Å²) >= 11 is 0. The van der Waals surface area contributed by atoms with Gasteiger partial charge in [0.15, 0.2) is 0 Å². The van der Waals surface area contributed by atoms with Crippen LogP contribution >= 0.6 is 0 Å². The van der Waals surface area contributed by atoms with Gasteiger partial charge >= 0.3 is 5.97 Å². The number of anilines is 1. The van der Waals surface area contributed by atoms with Gasteiger partial charge in [-0.25, -0.2) is 0 Å². The summed E-state index contributed by atoms with van der Waals surface area (Å²) < 4.78 is 0. The predicted octanol–water partition coefficient (Wildman–Crippen LogP) is 3.11. The number of phenols is 1. The van der Waals surface area contributed by atoms with Crippen LogP contribution in [0.25, 0.3) is 0 Å². The minimum atomic E-state index is -1.07. The second-order valence-corrected chi connectivity index (χ2v) is 6.63. The molecule has 0 aliphatic heterocycles. The van der Waals surface area contributed by atoms with E-state index in [1.165, 1.54) is 6.07 Å². The maximum Gasteiger partial charge on any atom is 0.320 e. The van der Waals surface area contributed by atoms with Gasteiger partial charge in [0.25, 0.3) is 5.91 Å². The third kappa shape index (κ3) is 5.97. The van der Waals surface area contributed by atoms with Gasteiger partial charge in [0.1, 0.15) is 11.8 Å². The number of carboxylic acid groups (broad SMARTS) is 1. The van der Waals surface area contributed by atoms with Crippen molar-refractivity contribution in [3.05, 3.63) is 70.8 Å². The van der Waals surface area contributed by atoms with Gasteiger partial charge in [-0.2, -0.15) is 0 Å². The Morgan fingerprint density at radius 1 is 1.19 bits per heavy atom. The number of amides is 1. The summed E-state index contributed by atoms with van der Waals surface area (Å²) in [6, 6.07) is 10.6. The zero-order valence-corrected chi connectivity index (χ0v) is 15.4. The molecule has 2 aromatic rings. The third-order valence-corrected chi connectivity index (χ3v) is 4.03. The number of nitrogens with one attached hydrogen (secondary N) is 1. The fraction of sp³-hybridized carbons (Fsp3) is 0.238. The van der Waals surface area contributed by atoms with Crippen LogP contribution in [-0.4, -0.2) is 28.1 Å². The Morgan fingerprint density at radius 3 is 2.59 bits per heavy atom. The number of phenolic OH excluding ortho intramolecular Hbond substituents is 1. The number of nitrogens with two attached hydrogens (primary N) is 1. The first-order chi connectivity index (χ1) is 12.8. The molecule has 1 atom stereocenters. The molecular formula is C21H24N2O4. The molecule has 27 heavy (non-hydrogen) atoms. The molecule has 0 fully saturated rings. The molecule has 6 heteroatoms. The number of hydrogen-bond acceptors (Lipinski definition) is 4. The van der Waals surface area contributed by atoms with Gasteiger partial charge in [-0.15, -0.1) is 0 Å². The van der Waals surface area contributed by atoms with Crippen molar-refractivity contribution in [1.29, 1.82) is 0 Å². The molecule has 0 aromatic heterocycles. The molecule has 6 nitrogen and oxygen atoms in total. The van der Waals surface area contributed by atoms with E-state index in [0.29, 0.717) is 23.2 Å². The Balaban J connectivity index is 2.14. The predicted molar refractivity (Wildman–Crippen MR) is 105 cm³/mol. The smallest absolute Gasteiger partial charge is 0.320 e. The van der Waals surface area contributed by atoms with Gasteiger partial charge in [0.2, 0.25) is 0 Å². The van der Waals surface area contributed by atoms with Crippen molar-refractivity contribution in [3.8, 4) is 5.75 Å². The average Bonchev–Trinajstić information content (AvgIpc) is 2.61. The van der Waals surface area contributed by atoms with Crippen LogP contribution in [0, 0.1) is 0 Å². The Hall–Kier alpha value is -3.12. The van der Waals surface area contributed by atoms with E-state index in [2.05, 4.69) is 5.32 Å². The van der Waals surface area contributed by atoms with Crippen LogP contribution in [0.2, 0.25) is 0 Å². The van der Waals surface area contributed by atoms with Crippen molar-refractivity contribution in [1.82, 2.24) is 0 Å². The summed E-state index contributed by atoms with van der Waals surface area (Å²) in [6.45, 7) is 3.94. The highest BCUT2D eigenvalue weighted by Crippen LogP contribution is 2.21. The molecule has 0 saturated carbocycles. The highest BCUT2D eigenvalue weighted by molar-refractivity contribution is 6.04. The van der Waals surface area contributed by atoms with Crippen LogP contribution < -0.4 is 11.1 Å². The summed E-state index contributed by atoms with van der Waals surface area (Å²) in [5, 5.41) is 21.7. The molecule has 0 aliphatic rings. The number of rotatable bonds is 7. The van der Waals surface area contributed by atoms with Crippen molar-refractivity contribution in [2.45, 2.75) is 32.7 Å². The molecule has 0 spiro atoms. The maximum atomic E-state index is 12.5. The minimum absolute atomic E-state index is 0.147. The van der Waals surface area contributed by atoms with Gasteiger partial charge in [-0.05, 0) is 68.1 Å². The second kappa shape index (κ2) is 9.00. The van der Waals surface area contributed by atoms with Crippen LogP contribution in [0.3, 0.4) is 0 Å². The summed E-state index contributed by atoms with van der Waals surface area (Å²) in [6.07, 6.45) is 2.69. The first-order valence-corrected chi connectivity index (χ1v) is 8.60. The SMILES string of the molecule is CC(C)=CCc1cc(C(=O)Nc2cccc(C[C@H](N)C(=O)O)c2)ccc1O. The molecule has 0 unspecified atom stereocenters. The number of hydrogen-bond donors (Lipinski definition) is 4. The molecule has 0 aliphatic carbocycles. The lowest BCUT2D eigenvalue weighted by atomic mass is 10.0. The number of carboxylic acids is 1. The topological polar surface area (TPSA) is 113 Å². The molecule has 2 rings (SSSR count). The molecule has 0 saturated heterocycles. The Labute approximate surface area is 158 Å². The normalized spacial score (nSPS) is 11.5. The van der Waals surface area contributed by atoms with Gasteiger partial charge in [0, 0.05) is 11.3 Å². The van der Waals surface area contributed by atoms with E-state index in [1.54, 1.807) is 36.4 Å². The van der Waals surface area contributed by atoms with Crippen molar-refractivity contribution < 1.29 is 19.8 Å². The molecule has 2 aromatic carbocycles. The molecule has 0 bridgehead atoms. The zero-order chi connectivity index (χ0) is 20.0. The van der Waals surface area contributed by atoms with Crippen molar-refractivity contribution in [2.24, 2.45) is 5.73 Å². The number of carbonyl (C=O) groups excluding carboxylic acids is 1. The lowest BCUT2D eigenvalue weighted by Crippen LogP contribution is -2.32. The van der Waals surface area contributed by atoms with Crippen LogP contribution in [0.1, 0.15) is 35.3 Å². The van der Waals surface area contributed by atoms with E-state index in [-0.39, 0.29) is 18.1 Å². The number of carbonyl (C=O) groups is 2. The average molecular weight is 368 g/mol. The fourth-order valence-corrected chi connectivity index (χ4v) is 2.52. The maximum absolute atomic E-state index is 12.5. The van der Waals surface area contributed by atoms with Crippen LogP contribution in [0.4, 0.5) is 5.69 Å². The van der Waals surface area contributed by atoms with E-state index >= 15 is 0 Å². The molecule has 5 N–H and O–H groups in total. The summed E-state index contributed by atoms with van der Waals surface area (Å²) in [5.74, 6) is -1.24. The second-order valence-electron chi connectivity index (χ2n) is 6.63. The number of allylic oxidation sites excluding steroid dienone is 2. The van der Waals surface area contributed by atoms with Gasteiger partial charge in [-0.1, -0.05) is 23.8 Å². The fourth-order valence-electron chi connectivity index (χ4n) is 2.52. The first-order valence-electron chi connectivity index (χ1n) is 8.60. The Morgan fingerprint density at radius 2 is 1.93 bits per heavy atom. The summed E-state index contributed by atoms with van der Waals surface area (Å²) in [5.41, 5.74) is 9.05. The lowest BCUT2D eigenvalue weighted by Gasteiger charge is -2.10. The van der Waals surface area contributed by atoms with E-state index in [4.69, 9.17) is 10.8 Å². The monoisotopic (exact) mass is 368 g/mol. The highest BCUT2D eigenvalue weighted by atomic mass is 16.4. The van der Waals surface area contributed by atoms with Crippen molar-refractivity contribution in [3.63, 3.8) is 0 Å². The number of aromatic hydroxyl groups is 1. The van der Waals surface area contributed by atoms with Gasteiger partial charge < -0.3 is 21.3 Å². The first kappa shape index (κ1) is 20.2. The lowest BCUT2D eigenvalue weighted by molar-refractivity contribution is -0.138. The number of benzene rings is 2. The van der Waals surface area contributed by atoms with E-state index in [0.717, 1.165) is 11.1 Å². The van der Waals surface area contributed by atoms with E-state index in [1.807, 2.05) is 19.9 Å². The Bertz CT molecular complexity index is 870. The Kier molecular flexibility index (Phi) is 6.73. The molecule has 1 amide bonds. The van der Waals surface area contributed by atoms with Crippen LogP contribution in [0.15, 0.2) is 54.1 Å². The van der Waals surface area contributed by atoms with E-state index < -0.39 is 12.0 Å². The van der Waals surface area contributed by atoms with Gasteiger partial charge in [0.05, 0.1) is 0 Å². The largest absolute Gasteiger partial charge is 0.508 e. The van der Waals surface area contributed by atoms with Crippen molar-refractivity contribution in [2.75, 3.05) is 5.32 Å². The third-order valence-electron chi connectivity index (χ3n) is 4.03. The summed E-state index contributed by atoms with van der Waals surface area (Å²) in [4.78, 5) is 23.4. The van der Waals surface area contributed by atoms with Crippen LogP contribution in [-0.2, 0) is 17.6 Å². The molecule has 0 heterocycles. The quantitative estimate of drug-likeness (QED) is 0.561. The van der Waals surface area contributed by atoms with Gasteiger partial charge in [-0.3, -0.25) is 9.59 Å². The zero-order valence-electron chi connectivity index (χ0n) is 15.4. The molecule has 0 radical (unpaired) electrons. The standard InChI is InChI=1S/C21H24N2O4/c1-13(2)6-7-15-12-16(8-9-19(15)24)20(25)23-17-5-3-4-14(10-17)11-18(22)21(26)27/h3-6,8-10,12,18,24H,7,11,22H2,1-2H3,(H,23,25)(H,26,27)/t18-/m0/s1. The summed E-state index contributed by atoms with van der Waals surface area (Å²) in [7, 11) is 0. The van der Waals surface area contributed by atoms with Crippen LogP contribution in [0.5, 0.6) is 5.75 Å². The molecular weight excluding hydrogens is 344 g/mol. The highest BCUT2D eigenvalue weighted by Gasteiger charge is 2.13. The van der Waals surface area contributed by atoms with E-state index in [9.17, 15) is 14.7 Å². The molecule has 142 valence electrons. The number of aliphatic carboxylic acids is 1. The minimum Gasteiger partial charge on any atom is -0.508 e. The van der Waals surface area contributed by atoms with Crippen molar-refractivity contribution >= 4 is 17.6 Å².